The summed E-state index contributed by atoms with van der Waals surface area (Å²) < 4.78 is 0. The van der Waals surface area contributed by atoms with E-state index in [1.165, 1.54) is 11.1 Å². The molecule has 0 fully saturated rings. The van der Waals surface area contributed by atoms with Crippen molar-refractivity contribution in [2.75, 3.05) is 18.5 Å². The lowest BCUT2D eigenvalue weighted by molar-refractivity contribution is 0.417. The smallest absolute Gasteiger partial charge is 0.133 e. The summed E-state index contributed by atoms with van der Waals surface area (Å²) in [6.07, 6.45) is 0. The lowest BCUT2D eigenvalue weighted by Crippen LogP contribution is -2.32. The molecule has 1 aromatic rings. The van der Waals surface area contributed by atoms with Crippen LogP contribution in [0.1, 0.15) is 51.4 Å². The molecule has 0 unspecified atom stereocenters. The second-order valence-electron chi connectivity index (χ2n) is 7.34. The summed E-state index contributed by atoms with van der Waals surface area (Å²) in [4.78, 5) is 7.07. The van der Waals surface area contributed by atoms with Gasteiger partial charge >= 0.3 is 0 Å². The number of aromatic nitrogens is 1. The van der Waals surface area contributed by atoms with Gasteiger partial charge in [-0.2, -0.15) is 0 Å². The molecular formula is C17H31N3. The van der Waals surface area contributed by atoms with Crippen molar-refractivity contribution >= 4 is 5.82 Å². The van der Waals surface area contributed by atoms with Gasteiger partial charge in [-0.25, -0.2) is 4.98 Å². The van der Waals surface area contributed by atoms with E-state index < -0.39 is 0 Å². The molecule has 1 rings (SSSR count). The fourth-order valence-electron chi connectivity index (χ4n) is 2.47. The monoisotopic (exact) mass is 277 g/mol. The van der Waals surface area contributed by atoms with Gasteiger partial charge < -0.3 is 10.2 Å². The zero-order valence-corrected chi connectivity index (χ0v) is 14.5. The van der Waals surface area contributed by atoms with Crippen LogP contribution in [-0.4, -0.2) is 24.6 Å². The molecule has 20 heavy (non-hydrogen) atoms. The molecule has 0 radical (unpaired) electrons. The average Bonchev–Trinajstić information content (AvgIpc) is 2.24. The van der Waals surface area contributed by atoms with E-state index in [2.05, 4.69) is 71.8 Å². The Bertz CT molecular complexity index is 444. The van der Waals surface area contributed by atoms with Crippen LogP contribution in [0.2, 0.25) is 0 Å². The van der Waals surface area contributed by atoms with Gasteiger partial charge in [0, 0.05) is 37.4 Å². The molecule has 0 aliphatic carbocycles. The molecule has 3 heteroatoms. The van der Waals surface area contributed by atoms with Gasteiger partial charge in [0.1, 0.15) is 5.82 Å². The van der Waals surface area contributed by atoms with Crippen LogP contribution >= 0.6 is 0 Å². The summed E-state index contributed by atoms with van der Waals surface area (Å²) in [6.45, 7) is 17.3. The van der Waals surface area contributed by atoms with Gasteiger partial charge in [-0.3, -0.25) is 0 Å². The third-order valence-corrected chi connectivity index (χ3v) is 3.21. The third-order valence-electron chi connectivity index (χ3n) is 3.21. The van der Waals surface area contributed by atoms with Gasteiger partial charge in [0.25, 0.3) is 0 Å². The van der Waals surface area contributed by atoms with Gasteiger partial charge in [-0.05, 0) is 30.9 Å². The zero-order valence-electron chi connectivity index (χ0n) is 14.5. The molecule has 0 amide bonds. The van der Waals surface area contributed by atoms with Crippen molar-refractivity contribution in [2.45, 2.75) is 61.1 Å². The Morgan fingerprint density at radius 1 is 1.25 bits per heavy atom. The van der Waals surface area contributed by atoms with E-state index in [1.807, 2.05) is 0 Å². The Morgan fingerprint density at radius 2 is 1.85 bits per heavy atom. The number of anilines is 1. The highest BCUT2D eigenvalue weighted by atomic mass is 15.2. The first kappa shape index (κ1) is 17.0. The van der Waals surface area contributed by atoms with Gasteiger partial charge in [-0.15, -0.1) is 0 Å². The zero-order chi connectivity index (χ0) is 15.5. The summed E-state index contributed by atoms with van der Waals surface area (Å²) >= 11 is 0. The number of hydrogen-bond donors (Lipinski definition) is 1. The lowest BCUT2D eigenvalue weighted by atomic mass is 9.96. The molecule has 3 nitrogen and oxygen atoms in total. The number of nitrogens with one attached hydrogen (secondary N) is 1. The largest absolute Gasteiger partial charge is 0.359 e. The molecular weight excluding hydrogens is 246 g/mol. The summed E-state index contributed by atoms with van der Waals surface area (Å²) in [7, 11) is 2.14. The molecule has 0 saturated heterocycles. The fraction of sp³-hybridized carbons (Fsp3) is 0.706. The topological polar surface area (TPSA) is 28.2 Å². The van der Waals surface area contributed by atoms with E-state index >= 15 is 0 Å². The van der Waals surface area contributed by atoms with Crippen LogP contribution in [0.15, 0.2) is 6.07 Å². The van der Waals surface area contributed by atoms with Crippen molar-refractivity contribution in [1.82, 2.24) is 10.3 Å². The highest BCUT2D eigenvalue weighted by molar-refractivity contribution is 5.51. The summed E-state index contributed by atoms with van der Waals surface area (Å²) in [5, 5.41) is 3.51. The molecule has 0 spiro atoms. The van der Waals surface area contributed by atoms with Crippen molar-refractivity contribution in [3.8, 4) is 0 Å². The Hall–Kier alpha value is -1.09. The molecule has 0 aromatic carbocycles. The predicted octanol–water partition coefficient (Wildman–Crippen LogP) is 3.68. The van der Waals surface area contributed by atoms with E-state index in [0.717, 1.165) is 24.6 Å². The quantitative estimate of drug-likeness (QED) is 0.890. The molecule has 0 atom stereocenters. The summed E-state index contributed by atoms with van der Waals surface area (Å²) in [5.41, 5.74) is 3.99. The second-order valence-corrected chi connectivity index (χ2v) is 7.34. The van der Waals surface area contributed by atoms with Gasteiger partial charge in [-0.1, -0.05) is 34.6 Å². The molecule has 0 saturated carbocycles. The normalized spacial score (nSPS) is 12.1. The van der Waals surface area contributed by atoms with Crippen LogP contribution in [0.4, 0.5) is 5.82 Å². The van der Waals surface area contributed by atoms with Gasteiger partial charge in [0.2, 0.25) is 0 Å². The molecule has 114 valence electrons. The first-order chi connectivity index (χ1) is 9.10. The first-order valence-electron chi connectivity index (χ1n) is 7.52. The minimum absolute atomic E-state index is 0.261. The number of hydrogen-bond acceptors (Lipinski definition) is 3. The highest BCUT2D eigenvalue weighted by Crippen LogP contribution is 2.25. The van der Waals surface area contributed by atoms with E-state index in [4.69, 9.17) is 4.98 Å². The number of nitrogens with zero attached hydrogens (tertiary/aromatic N) is 2. The van der Waals surface area contributed by atoms with Crippen LogP contribution in [0.25, 0.3) is 0 Å². The van der Waals surface area contributed by atoms with Crippen LogP contribution in [0.3, 0.4) is 0 Å². The second kappa shape index (κ2) is 6.57. The maximum absolute atomic E-state index is 4.78. The predicted molar refractivity (Wildman–Crippen MR) is 88.4 cm³/mol. The lowest BCUT2D eigenvalue weighted by Gasteiger charge is -2.30. The number of pyridine rings is 1. The van der Waals surface area contributed by atoms with E-state index in [9.17, 15) is 0 Å². The number of aryl methyl sites for hydroxylation is 2. The maximum atomic E-state index is 4.78. The van der Waals surface area contributed by atoms with Crippen molar-refractivity contribution in [1.29, 1.82) is 0 Å². The number of rotatable bonds is 5. The highest BCUT2D eigenvalue weighted by Gasteiger charge is 2.18. The van der Waals surface area contributed by atoms with Crippen LogP contribution in [0.5, 0.6) is 0 Å². The van der Waals surface area contributed by atoms with Crippen LogP contribution < -0.4 is 10.2 Å². The van der Waals surface area contributed by atoms with Crippen molar-refractivity contribution in [2.24, 2.45) is 5.41 Å². The average molecular weight is 277 g/mol. The Kier molecular flexibility index (Phi) is 5.58. The standard InChI is InChI=1S/C17H31N3/c1-12(2)18-10-15-13(3)9-14(4)19-16(15)20(8)11-17(5,6)7/h9,12,18H,10-11H2,1-8H3. The third kappa shape index (κ3) is 5.12. The van der Waals surface area contributed by atoms with E-state index in [1.54, 1.807) is 0 Å². The Labute approximate surface area is 124 Å². The van der Waals surface area contributed by atoms with Gasteiger partial charge in [0.05, 0.1) is 0 Å². The molecule has 0 aliphatic heterocycles. The minimum atomic E-state index is 0.261. The van der Waals surface area contributed by atoms with Crippen molar-refractivity contribution < 1.29 is 0 Å². The Morgan fingerprint density at radius 3 is 2.35 bits per heavy atom. The van der Waals surface area contributed by atoms with Crippen LogP contribution in [0, 0.1) is 19.3 Å². The molecule has 0 bridgehead atoms. The fourth-order valence-corrected chi connectivity index (χ4v) is 2.47. The molecule has 1 heterocycles. The van der Waals surface area contributed by atoms with E-state index in [0.29, 0.717) is 6.04 Å². The van der Waals surface area contributed by atoms with Crippen molar-refractivity contribution in [3.05, 3.63) is 22.9 Å². The first-order valence-corrected chi connectivity index (χ1v) is 7.52. The molecule has 1 N–H and O–H groups in total. The maximum Gasteiger partial charge on any atom is 0.133 e. The summed E-state index contributed by atoms with van der Waals surface area (Å²) in [5.74, 6) is 1.12. The SMILES string of the molecule is Cc1cc(C)c(CNC(C)C)c(N(C)CC(C)(C)C)n1. The van der Waals surface area contributed by atoms with Crippen molar-refractivity contribution in [3.63, 3.8) is 0 Å². The summed E-state index contributed by atoms with van der Waals surface area (Å²) in [6, 6.07) is 2.66. The Balaban J connectivity index is 3.08. The van der Waals surface area contributed by atoms with Crippen LogP contribution in [-0.2, 0) is 6.54 Å². The minimum Gasteiger partial charge on any atom is -0.359 e. The molecule has 1 aromatic heterocycles. The van der Waals surface area contributed by atoms with E-state index in [-0.39, 0.29) is 5.41 Å². The molecule has 0 aliphatic rings. The van der Waals surface area contributed by atoms with Gasteiger partial charge in [0.15, 0.2) is 0 Å².